The molecule has 0 radical (unpaired) electrons. The normalized spacial score (nSPS) is 22.5. The molecule has 62 valence electrons. The number of aliphatic hydroxyl groups is 1. The van der Waals surface area contributed by atoms with Gasteiger partial charge in [-0.3, -0.25) is 0 Å². The molecule has 0 amide bonds. The van der Waals surface area contributed by atoms with Gasteiger partial charge in [0.2, 0.25) is 0 Å². The maximum absolute atomic E-state index is 8.86. The number of hydrogen-bond acceptors (Lipinski definition) is 3. The van der Waals surface area contributed by atoms with Crippen molar-refractivity contribution in [3.8, 4) is 6.07 Å². The van der Waals surface area contributed by atoms with Crippen LogP contribution in [0.1, 0.15) is 19.3 Å². The van der Waals surface area contributed by atoms with E-state index in [4.69, 9.17) is 15.1 Å². The van der Waals surface area contributed by atoms with Crippen LogP contribution in [0, 0.1) is 16.7 Å². The van der Waals surface area contributed by atoms with Crippen molar-refractivity contribution in [1.82, 2.24) is 0 Å². The molecule has 1 rings (SSSR count). The van der Waals surface area contributed by atoms with Gasteiger partial charge in [0.25, 0.3) is 0 Å². The highest BCUT2D eigenvalue weighted by Gasteiger charge is 2.31. The Morgan fingerprint density at radius 1 is 1.45 bits per heavy atom. The van der Waals surface area contributed by atoms with Crippen LogP contribution < -0.4 is 0 Å². The summed E-state index contributed by atoms with van der Waals surface area (Å²) in [6.07, 6.45) is 2.13. The van der Waals surface area contributed by atoms with Gasteiger partial charge in [0.05, 0.1) is 11.5 Å². The van der Waals surface area contributed by atoms with Gasteiger partial charge in [-0.1, -0.05) is 0 Å². The van der Waals surface area contributed by atoms with Crippen molar-refractivity contribution in [2.45, 2.75) is 19.3 Å². The summed E-state index contributed by atoms with van der Waals surface area (Å²) in [5.41, 5.74) is -0.299. The van der Waals surface area contributed by atoms with Crippen LogP contribution in [0.5, 0.6) is 0 Å². The summed E-state index contributed by atoms with van der Waals surface area (Å²) >= 11 is 0. The third kappa shape index (κ3) is 1.92. The minimum atomic E-state index is -0.299. The summed E-state index contributed by atoms with van der Waals surface area (Å²) in [6, 6.07) is 2.28. The van der Waals surface area contributed by atoms with E-state index in [1.54, 1.807) is 0 Å². The molecule has 1 heterocycles. The molecule has 3 nitrogen and oxygen atoms in total. The van der Waals surface area contributed by atoms with Crippen LogP contribution in [0.2, 0.25) is 0 Å². The van der Waals surface area contributed by atoms with Crippen LogP contribution in [0.25, 0.3) is 0 Å². The second-order valence-electron chi connectivity index (χ2n) is 2.98. The smallest absolute Gasteiger partial charge is 0.0692 e. The topological polar surface area (TPSA) is 53.2 Å². The van der Waals surface area contributed by atoms with E-state index in [2.05, 4.69) is 6.07 Å². The van der Waals surface area contributed by atoms with Crippen molar-refractivity contribution in [1.29, 1.82) is 5.26 Å². The number of ether oxygens (including phenoxy) is 1. The van der Waals surface area contributed by atoms with E-state index in [9.17, 15) is 0 Å². The van der Waals surface area contributed by atoms with Gasteiger partial charge < -0.3 is 9.84 Å². The number of rotatable bonds is 2. The maximum Gasteiger partial charge on any atom is 0.0692 e. The van der Waals surface area contributed by atoms with E-state index >= 15 is 0 Å². The molecule has 3 heteroatoms. The lowest BCUT2D eigenvalue weighted by atomic mass is 9.79. The summed E-state index contributed by atoms with van der Waals surface area (Å²) in [5.74, 6) is 0. The second kappa shape index (κ2) is 3.70. The van der Waals surface area contributed by atoms with E-state index in [1.165, 1.54) is 0 Å². The van der Waals surface area contributed by atoms with Crippen LogP contribution in [0.4, 0.5) is 0 Å². The molecule has 1 aliphatic heterocycles. The Bertz CT molecular complexity index is 150. The fourth-order valence-electron chi connectivity index (χ4n) is 1.39. The largest absolute Gasteiger partial charge is 0.396 e. The van der Waals surface area contributed by atoms with E-state index in [0.29, 0.717) is 19.6 Å². The molecule has 0 aromatic heterocycles. The first kappa shape index (κ1) is 8.51. The average molecular weight is 155 g/mol. The lowest BCUT2D eigenvalue weighted by Gasteiger charge is -2.29. The van der Waals surface area contributed by atoms with E-state index in [1.807, 2.05) is 0 Å². The van der Waals surface area contributed by atoms with Crippen LogP contribution in [0.3, 0.4) is 0 Å². The molecule has 0 saturated carbocycles. The third-order valence-corrected chi connectivity index (χ3v) is 2.28. The lowest BCUT2D eigenvalue weighted by Crippen LogP contribution is -2.28. The SMILES string of the molecule is N#CC1(CCO)CCOCC1. The quantitative estimate of drug-likeness (QED) is 0.638. The van der Waals surface area contributed by atoms with Crippen molar-refractivity contribution >= 4 is 0 Å². The Morgan fingerprint density at radius 3 is 2.55 bits per heavy atom. The van der Waals surface area contributed by atoms with E-state index < -0.39 is 0 Å². The molecule has 0 bridgehead atoms. The van der Waals surface area contributed by atoms with Gasteiger partial charge in [0.1, 0.15) is 0 Å². The van der Waals surface area contributed by atoms with Gasteiger partial charge in [-0.2, -0.15) is 5.26 Å². The zero-order valence-corrected chi connectivity index (χ0v) is 6.55. The summed E-state index contributed by atoms with van der Waals surface area (Å²) in [5, 5.41) is 17.6. The highest BCUT2D eigenvalue weighted by molar-refractivity contribution is 4.99. The first-order chi connectivity index (χ1) is 5.33. The van der Waals surface area contributed by atoms with Gasteiger partial charge in [-0.15, -0.1) is 0 Å². The predicted molar refractivity (Wildman–Crippen MR) is 39.8 cm³/mol. The fourth-order valence-corrected chi connectivity index (χ4v) is 1.39. The molecule has 1 N–H and O–H groups in total. The van der Waals surface area contributed by atoms with Gasteiger partial charge in [-0.05, 0) is 19.3 Å². The Hall–Kier alpha value is -0.590. The molecule has 0 spiro atoms. The molecule has 11 heavy (non-hydrogen) atoms. The number of nitrogens with zero attached hydrogens (tertiary/aromatic N) is 1. The van der Waals surface area contributed by atoms with Crippen molar-refractivity contribution in [2.75, 3.05) is 19.8 Å². The van der Waals surface area contributed by atoms with E-state index in [-0.39, 0.29) is 12.0 Å². The van der Waals surface area contributed by atoms with Crippen LogP contribution in [-0.4, -0.2) is 24.9 Å². The predicted octanol–water partition coefficient (Wildman–Crippen LogP) is 0.689. The van der Waals surface area contributed by atoms with Crippen LogP contribution in [0.15, 0.2) is 0 Å². The van der Waals surface area contributed by atoms with Crippen molar-refractivity contribution in [3.63, 3.8) is 0 Å². The molecule has 0 aliphatic carbocycles. The highest BCUT2D eigenvalue weighted by Crippen LogP contribution is 2.32. The number of hydrogen-bond donors (Lipinski definition) is 1. The van der Waals surface area contributed by atoms with E-state index in [0.717, 1.165) is 12.8 Å². The van der Waals surface area contributed by atoms with Gasteiger partial charge >= 0.3 is 0 Å². The standard InChI is InChI=1S/C8H13NO2/c9-7-8(1-4-10)2-5-11-6-3-8/h10H,1-6H2. The molecule has 1 saturated heterocycles. The molecule has 1 aliphatic rings. The van der Waals surface area contributed by atoms with Crippen LogP contribution in [-0.2, 0) is 4.74 Å². The van der Waals surface area contributed by atoms with Gasteiger partial charge in [-0.25, -0.2) is 0 Å². The molecule has 0 aromatic carbocycles. The molecular formula is C8H13NO2. The van der Waals surface area contributed by atoms with Crippen molar-refractivity contribution in [2.24, 2.45) is 5.41 Å². The zero-order chi connectivity index (χ0) is 8.16. The number of aliphatic hydroxyl groups excluding tert-OH is 1. The van der Waals surface area contributed by atoms with Crippen LogP contribution >= 0.6 is 0 Å². The molecule has 1 fully saturated rings. The van der Waals surface area contributed by atoms with Gasteiger partial charge in [0.15, 0.2) is 0 Å². The zero-order valence-electron chi connectivity index (χ0n) is 6.55. The Balaban J connectivity index is 2.51. The number of nitriles is 1. The summed E-state index contributed by atoms with van der Waals surface area (Å²) in [6.45, 7) is 1.43. The maximum atomic E-state index is 8.86. The lowest BCUT2D eigenvalue weighted by molar-refractivity contribution is 0.0298. The molecule has 0 atom stereocenters. The minimum absolute atomic E-state index is 0.105. The Morgan fingerprint density at radius 2 is 2.09 bits per heavy atom. The van der Waals surface area contributed by atoms with Gasteiger partial charge in [0, 0.05) is 19.8 Å². The average Bonchev–Trinajstić information content (AvgIpc) is 2.07. The third-order valence-electron chi connectivity index (χ3n) is 2.28. The minimum Gasteiger partial charge on any atom is -0.396 e. The highest BCUT2D eigenvalue weighted by atomic mass is 16.5. The second-order valence-corrected chi connectivity index (χ2v) is 2.98. The fraction of sp³-hybridized carbons (Fsp3) is 0.875. The first-order valence-corrected chi connectivity index (χ1v) is 3.93. The summed E-state index contributed by atoms with van der Waals surface area (Å²) in [7, 11) is 0. The Labute approximate surface area is 66.6 Å². The summed E-state index contributed by atoms with van der Waals surface area (Å²) in [4.78, 5) is 0. The van der Waals surface area contributed by atoms with Crippen molar-refractivity contribution < 1.29 is 9.84 Å². The molecule has 0 unspecified atom stereocenters. The molecule has 0 aromatic rings. The summed E-state index contributed by atoms with van der Waals surface area (Å²) < 4.78 is 5.14. The Kier molecular flexibility index (Phi) is 2.86. The van der Waals surface area contributed by atoms with Crippen molar-refractivity contribution in [3.05, 3.63) is 0 Å². The first-order valence-electron chi connectivity index (χ1n) is 3.93. The monoisotopic (exact) mass is 155 g/mol. The molecular weight excluding hydrogens is 142 g/mol.